The highest BCUT2D eigenvalue weighted by molar-refractivity contribution is 7.80. The van der Waals surface area contributed by atoms with Crippen LogP contribution in [0.4, 0.5) is 0 Å². The molecule has 98 valence electrons. The lowest BCUT2D eigenvalue weighted by molar-refractivity contribution is 0.00723. The molecule has 1 fully saturated rings. The predicted octanol–water partition coefficient (Wildman–Crippen LogP) is 2.62. The second kappa shape index (κ2) is 6.25. The molecule has 2 rings (SSSR count). The highest BCUT2D eigenvalue weighted by Gasteiger charge is 2.24. The van der Waals surface area contributed by atoms with Crippen molar-refractivity contribution in [3.05, 3.63) is 29.8 Å². The average molecular weight is 265 g/mol. The van der Waals surface area contributed by atoms with Crippen LogP contribution in [-0.4, -0.2) is 36.6 Å². The summed E-state index contributed by atoms with van der Waals surface area (Å²) in [5.74, 6) is 0.0790. The number of piperidine rings is 1. The monoisotopic (exact) mass is 265 g/mol. The van der Waals surface area contributed by atoms with Gasteiger partial charge in [0.15, 0.2) is 0 Å². The lowest BCUT2D eigenvalue weighted by Crippen LogP contribution is -2.43. The van der Waals surface area contributed by atoms with Gasteiger partial charge in [-0.1, -0.05) is 6.07 Å². The smallest absolute Gasteiger partial charge is 0.253 e. The molecule has 1 heterocycles. The van der Waals surface area contributed by atoms with Gasteiger partial charge in [0.2, 0.25) is 0 Å². The summed E-state index contributed by atoms with van der Waals surface area (Å²) in [5, 5.41) is 0. The van der Waals surface area contributed by atoms with Gasteiger partial charge in [0.25, 0.3) is 5.91 Å². The van der Waals surface area contributed by atoms with Crippen molar-refractivity contribution in [2.24, 2.45) is 0 Å². The Morgan fingerprint density at radius 1 is 1.56 bits per heavy atom. The number of nitrogens with zero attached hydrogens (tertiary/aromatic N) is 1. The van der Waals surface area contributed by atoms with Crippen molar-refractivity contribution in [1.29, 1.82) is 0 Å². The molecule has 0 radical (unpaired) electrons. The maximum atomic E-state index is 12.3. The number of hydrogen-bond acceptors (Lipinski definition) is 3. The molecule has 0 aliphatic carbocycles. The van der Waals surface area contributed by atoms with E-state index in [-0.39, 0.29) is 12.0 Å². The van der Waals surface area contributed by atoms with Crippen LogP contribution in [0.3, 0.4) is 0 Å². The van der Waals surface area contributed by atoms with Crippen LogP contribution in [0.15, 0.2) is 29.2 Å². The molecule has 1 aromatic carbocycles. The van der Waals surface area contributed by atoms with Crippen molar-refractivity contribution in [1.82, 2.24) is 4.90 Å². The van der Waals surface area contributed by atoms with Gasteiger partial charge in [0.05, 0.1) is 6.10 Å². The summed E-state index contributed by atoms with van der Waals surface area (Å²) in [6, 6.07) is 7.39. The normalized spacial score (nSPS) is 19.9. The van der Waals surface area contributed by atoms with Crippen LogP contribution >= 0.6 is 12.6 Å². The fourth-order valence-electron chi connectivity index (χ4n) is 2.32. The van der Waals surface area contributed by atoms with E-state index in [4.69, 9.17) is 4.74 Å². The Balaban J connectivity index is 2.04. The number of likely N-dealkylation sites (tertiary alicyclic amines) is 1. The van der Waals surface area contributed by atoms with Gasteiger partial charge >= 0.3 is 0 Å². The lowest BCUT2D eigenvalue weighted by atomic mass is 10.1. The van der Waals surface area contributed by atoms with Crippen molar-refractivity contribution in [3.63, 3.8) is 0 Å². The molecule has 4 heteroatoms. The standard InChI is InChI=1S/C14H19NO2S/c1-2-17-12-6-4-8-15(10-12)14(16)11-5-3-7-13(18)9-11/h3,5,7,9,12,18H,2,4,6,8,10H2,1H3. The Labute approximate surface area is 114 Å². The molecule has 18 heavy (non-hydrogen) atoms. The Hall–Kier alpha value is -1.00. The van der Waals surface area contributed by atoms with E-state index in [0.29, 0.717) is 18.7 Å². The molecule has 1 amide bonds. The predicted molar refractivity (Wildman–Crippen MR) is 74.2 cm³/mol. The first-order valence-corrected chi connectivity index (χ1v) is 6.85. The van der Waals surface area contributed by atoms with Crippen LogP contribution in [-0.2, 0) is 4.74 Å². The molecule has 0 N–H and O–H groups in total. The molecule has 1 atom stereocenters. The van der Waals surface area contributed by atoms with E-state index in [2.05, 4.69) is 12.6 Å². The van der Waals surface area contributed by atoms with E-state index >= 15 is 0 Å². The molecule has 3 nitrogen and oxygen atoms in total. The van der Waals surface area contributed by atoms with Crippen LogP contribution in [0.2, 0.25) is 0 Å². The molecule has 1 aliphatic heterocycles. The van der Waals surface area contributed by atoms with Gasteiger partial charge in [0.1, 0.15) is 0 Å². The fraction of sp³-hybridized carbons (Fsp3) is 0.500. The Bertz CT molecular complexity index is 420. The number of benzene rings is 1. The van der Waals surface area contributed by atoms with Crippen LogP contribution < -0.4 is 0 Å². The maximum absolute atomic E-state index is 12.3. The number of amides is 1. The second-order valence-electron chi connectivity index (χ2n) is 4.52. The molecule has 1 aromatic rings. The van der Waals surface area contributed by atoms with Gasteiger partial charge in [-0.15, -0.1) is 12.6 Å². The third-order valence-corrected chi connectivity index (χ3v) is 3.44. The molecule has 0 saturated carbocycles. The second-order valence-corrected chi connectivity index (χ2v) is 5.04. The van der Waals surface area contributed by atoms with E-state index in [9.17, 15) is 4.79 Å². The minimum atomic E-state index is 0.0790. The summed E-state index contributed by atoms with van der Waals surface area (Å²) in [4.78, 5) is 15.0. The number of ether oxygens (including phenoxy) is 1. The highest BCUT2D eigenvalue weighted by Crippen LogP contribution is 2.17. The minimum Gasteiger partial charge on any atom is -0.377 e. The lowest BCUT2D eigenvalue weighted by Gasteiger charge is -2.32. The number of hydrogen-bond donors (Lipinski definition) is 1. The molecule has 0 bridgehead atoms. The van der Waals surface area contributed by atoms with E-state index in [1.165, 1.54) is 0 Å². The molecule has 1 saturated heterocycles. The van der Waals surface area contributed by atoms with Gasteiger partial charge in [0, 0.05) is 30.2 Å². The Morgan fingerprint density at radius 2 is 2.39 bits per heavy atom. The number of carbonyl (C=O) groups excluding carboxylic acids is 1. The molecular formula is C14H19NO2S. The van der Waals surface area contributed by atoms with Crippen molar-refractivity contribution in [2.75, 3.05) is 19.7 Å². The molecule has 0 aromatic heterocycles. The zero-order valence-corrected chi connectivity index (χ0v) is 11.5. The number of thiol groups is 1. The van der Waals surface area contributed by atoms with E-state index in [0.717, 1.165) is 24.3 Å². The summed E-state index contributed by atoms with van der Waals surface area (Å²) >= 11 is 4.27. The fourth-order valence-corrected chi connectivity index (χ4v) is 2.54. The largest absolute Gasteiger partial charge is 0.377 e. The molecular weight excluding hydrogens is 246 g/mol. The van der Waals surface area contributed by atoms with Crippen LogP contribution in [0.1, 0.15) is 30.1 Å². The summed E-state index contributed by atoms with van der Waals surface area (Å²) < 4.78 is 5.61. The Morgan fingerprint density at radius 3 is 3.11 bits per heavy atom. The van der Waals surface area contributed by atoms with E-state index < -0.39 is 0 Å². The molecule has 0 spiro atoms. The first-order chi connectivity index (χ1) is 8.70. The third-order valence-electron chi connectivity index (χ3n) is 3.16. The van der Waals surface area contributed by atoms with Crippen molar-refractivity contribution < 1.29 is 9.53 Å². The summed E-state index contributed by atoms with van der Waals surface area (Å²) in [6.07, 6.45) is 2.24. The zero-order chi connectivity index (χ0) is 13.0. The van der Waals surface area contributed by atoms with Crippen molar-refractivity contribution in [2.45, 2.75) is 30.8 Å². The van der Waals surface area contributed by atoms with Gasteiger partial charge < -0.3 is 9.64 Å². The molecule has 1 aliphatic rings. The quantitative estimate of drug-likeness (QED) is 0.851. The van der Waals surface area contributed by atoms with E-state index in [1.54, 1.807) is 0 Å². The van der Waals surface area contributed by atoms with Gasteiger partial charge in [-0.05, 0) is 38.0 Å². The highest BCUT2D eigenvalue weighted by atomic mass is 32.1. The third kappa shape index (κ3) is 3.27. The average Bonchev–Trinajstić information content (AvgIpc) is 2.39. The zero-order valence-electron chi connectivity index (χ0n) is 10.6. The topological polar surface area (TPSA) is 29.5 Å². The summed E-state index contributed by atoms with van der Waals surface area (Å²) in [7, 11) is 0. The maximum Gasteiger partial charge on any atom is 0.253 e. The molecule has 1 unspecified atom stereocenters. The first kappa shape index (κ1) is 13.4. The van der Waals surface area contributed by atoms with Gasteiger partial charge in [-0.2, -0.15) is 0 Å². The van der Waals surface area contributed by atoms with Crippen LogP contribution in [0.5, 0.6) is 0 Å². The Kier molecular flexibility index (Phi) is 4.66. The summed E-state index contributed by atoms with van der Waals surface area (Å²) in [5.41, 5.74) is 0.708. The van der Waals surface area contributed by atoms with E-state index in [1.807, 2.05) is 36.1 Å². The van der Waals surface area contributed by atoms with Gasteiger partial charge in [-0.25, -0.2) is 0 Å². The number of carbonyl (C=O) groups is 1. The van der Waals surface area contributed by atoms with Crippen LogP contribution in [0, 0.1) is 0 Å². The summed E-state index contributed by atoms with van der Waals surface area (Å²) in [6.45, 7) is 4.21. The SMILES string of the molecule is CCOC1CCCN(C(=O)c2cccc(S)c2)C1. The number of rotatable bonds is 3. The first-order valence-electron chi connectivity index (χ1n) is 6.40. The minimum absolute atomic E-state index is 0.0790. The van der Waals surface area contributed by atoms with Crippen molar-refractivity contribution >= 4 is 18.5 Å². The van der Waals surface area contributed by atoms with Gasteiger partial charge in [-0.3, -0.25) is 4.79 Å². The van der Waals surface area contributed by atoms with Crippen LogP contribution in [0.25, 0.3) is 0 Å². The van der Waals surface area contributed by atoms with Crippen molar-refractivity contribution in [3.8, 4) is 0 Å².